The van der Waals surface area contributed by atoms with Crippen LogP contribution in [0.25, 0.3) is 5.53 Å². The van der Waals surface area contributed by atoms with Crippen molar-refractivity contribution < 1.29 is 14.3 Å². The van der Waals surface area contributed by atoms with Crippen LogP contribution in [0.4, 0.5) is 0 Å². The van der Waals surface area contributed by atoms with Crippen LogP contribution in [0.5, 0.6) is 5.75 Å². The Hall–Kier alpha value is -1.93. The Morgan fingerprint density at radius 2 is 2.38 bits per heavy atom. The van der Waals surface area contributed by atoms with Crippen LogP contribution >= 0.6 is 0 Å². The van der Waals surface area contributed by atoms with Gasteiger partial charge in [0.25, 0.3) is 5.78 Å². The molecule has 13 heavy (non-hydrogen) atoms. The molecule has 0 saturated carbocycles. The van der Waals surface area contributed by atoms with E-state index in [0.717, 1.165) is 6.21 Å². The molecule has 0 bridgehead atoms. The third kappa shape index (κ3) is 2.25. The average molecular weight is 176 g/mol. The minimum atomic E-state index is -0.360. The number of methoxy groups -OCH3 is 1. The predicted octanol–water partition coefficient (Wildman–Crippen LogP) is 1.18. The van der Waals surface area contributed by atoms with Crippen molar-refractivity contribution in [3.63, 3.8) is 0 Å². The van der Waals surface area contributed by atoms with Crippen molar-refractivity contribution in [3.8, 4) is 5.75 Å². The molecule has 0 spiro atoms. The van der Waals surface area contributed by atoms with E-state index in [9.17, 15) is 4.79 Å². The molecule has 0 aromatic heterocycles. The summed E-state index contributed by atoms with van der Waals surface area (Å²) in [7, 11) is 1.52. The fourth-order valence-corrected chi connectivity index (χ4v) is 0.903. The average Bonchev–Trinajstić information content (AvgIpc) is 2.18. The molecule has 0 aliphatic rings. The van der Waals surface area contributed by atoms with E-state index in [0.29, 0.717) is 11.3 Å². The van der Waals surface area contributed by atoms with Gasteiger partial charge < -0.3 is 10.3 Å². The van der Waals surface area contributed by atoms with Crippen LogP contribution in [-0.2, 0) is 0 Å². The van der Waals surface area contributed by atoms with Crippen LogP contribution in [0.1, 0.15) is 10.4 Å². The molecular weight excluding hydrogens is 168 g/mol. The molecule has 4 nitrogen and oxygen atoms in total. The Morgan fingerprint density at radius 3 is 3.00 bits per heavy atom. The number of carbonyl (C=O) groups excluding carboxylic acids is 1. The van der Waals surface area contributed by atoms with Crippen LogP contribution in [-0.4, -0.2) is 23.9 Å². The standard InChI is InChI=1S/C9H8N2O2/c1-13-8-4-2-3-7(5-8)9(12)6-11-10/h2-6H,1H3. The first-order chi connectivity index (χ1) is 6.27. The van der Waals surface area contributed by atoms with Crippen molar-refractivity contribution in [1.29, 1.82) is 0 Å². The van der Waals surface area contributed by atoms with E-state index in [-0.39, 0.29) is 5.78 Å². The van der Waals surface area contributed by atoms with Crippen molar-refractivity contribution in [2.75, 3.05) is 7.11 Å². The topological polar surface area (TPSA) is 62.7 Å². The number of hydrogen-bond donors (Lipinski definition) is 0. The van der Waals surface area contributed by atoms with E-state index < -0.39 is 0 Å². The molecule has 0 atom stereocenters. The number of ether oxygens (including phenoxy) is 1. The van der Waals surface area contributed by atoms with E-state index in [2.05, 4.69) is 4.79 Å². The fourth-order valence-electron chi connectivity index (χ4n) is 0.903. The highest BCUT2D eigenvalue weighted by atomic mass is 16.5. The lowest BCUT2D eigenvalue weighted by Crippen LogP contribution is -2.00. The maximum Gasteiger partial charge on any atom is 0.328 e. The Kier molecular flexibility index (Phi) is 2.95. The molecule has 0 radical (unpaired) electrons. The predicted molar refractivity (Wildman–Crippen MR) is 47.0 cm³/mol. The Bertz CT molecular complexity index is 368. The van der Waals surface area contributed by atoms with Crippen LogP contribution in [0.3, 0.4) is 0 Å². The van der Waals surface area contributed by atoms with Gasteiger partial charge in [-0.05, 0) is 12.1 Å². The summed E-state index contributed by atoms with van der Waals surface area (Å²) < 4.78 is 4.92. The van der Waals surface area contributed by atoms with Gasteiger partial charge in [0.15, 0.2) is 0 Å². The van der Waals surface area contributed by atoms with Crippen LogP contribution in [0.2, 0.25) is 0 Å². The van der Waals surface area contributed by atoms with Gasteiger partial charge in [-0.25, -0.2) is 0 Å². The van der Waals surface area contributed by atoms with Gasteiger partial charge in [-0.3, -0.25) is 4.79 Å². The maximum absolute atomic E-state index is 11.1. The van der Waals surface area contributed by atoms with Crippen molar-refractivity contribution in [1.82, 2.24) is 0 Å². The first kappa shape index (κ1) is 9.16. The van der Waals surface area contributed by atoms with Gasteiger partial charge in [0.1, 0.15) is 5.75 Å². The third-order valence-electron chi connectivity index (χ3n) is 1.53. The zero-order chi connectivity index (χ0) is 9.68. The van der Waals surface area contributed by atoms with Crippen LogP contribution < -0.4 is 4.74 Å². The summed E-state index contributed by atoms with van der Waals surface area (Å²) in [5.74, 6) is 0.235. The Morgan fingerprint density at radius 1 is 1.62 bits per heavy atom. The van der Waals surface area contributed by atoms with Gasteiger partial charge in [0.2, 0.25) is 0 Å². The van der Waals surface area contributed by atoms with Gasteiger partial charge in [0, 0.05) is 5.56 Å². The number of carbonyl (C=O) groups is 1. The van der Waals surface area contributed by atoms with E-state index in [1.807, 2.05) is 0 Å². The largest absolute Gasteiger partial charge is 0.497 e. The fraction of sp³-hybridized carbons (Fsp3) is 0.111. The lowest BCUT2D eigenvalue weighted by molar-refractivity contribution is 0.00235. The van der Waals surface area contributed by atoms with Crippen molar-refractivity contribution in [2.24, 2.45) is 0 Å². The summed E-state index contributed by atoms with van der Waals surface area (Å²) in [6.07, 6.45) is 0.842. The molecule has 1 rings (SSSR count). The lowest BCUT2D eigenvalue weighted by Gasteiger charge is -1.98. The molecule has 66 valence electrons. The molecule has 0 fully saturated rings. The second-order valence-corrected chi connectivity index (χ2v) is 2.34. The molecule has 1 aromatic rings. The van der Waals surface area contributed by atoms with Gasteiger partial charge in [-0.15, -0.1) is 0 Å². The second-order valence-electron chi connectivity index (χ2n) is 2.34. The number of hydrogen-bond acceptors (Lipinski definition) is 2. The molecule has 0 aliphatic carbocycles. The first-order valence-corrected chi connectivity index (χ1v) is 3.63. The van der Waals surface area contributed by atoms with E-state index in [4.69, 9.17) is 10.3 Å². The Labute approximate surface area is 75.4 Å². The molecule has 0 aliphatic heterocycles. The van der Waals surface area contributed by atoms with Gasteiger partial charge in [-0.2, -0.15) is 4.79 Å². The molecule has 1 aromatic carbocycles. The number of Topliss-reactive ketones (excluding diaryl/α,β-unsaturated/α-hetero) is 1. The number of nitrogens with zero attached hydrogens (tertiary/aromatic N) is 2. The Balaban J connectivity index is 3.01. The van der Waals surface area contributed by atoms with E-state index >= 15 is 0 Å². The summed E-state index contributed by atoms with van der Waals surface area (Å²) in [4.78, 5) is 13.8. The van der Waals surface area contributed by atoms with E-state index in [1.54, 1.807) is 24.3 Å². The maximum atomic E-state index is 11.1. The number of ketones is 1. The summed E-state index contributed by atoms with van der Waals surface area (Å²) >= 11 is 0. The zero-order valence-corrected chi connectivity index (χ0v) is 7.10. The minimum Gasteiger partial charge on any atom is -0.497 e. The summed E-state index contributed by atoms with van der Waals surface area (Å²) in [6, 6.07) is 6.61. The quantitative estimate of drug-likeness (QED) is 0.300. The molecular formula is C9H8N2O2. The zero-order valence-electron chi connectivity index (χ0n) is 7.10. The highest BCUT2D eigenvalue weighted by molar-refractivity contribution is 6.33. The van der Waals surface area contributed by atoms with Crippen molar-refractivity contribution >= 4 is 12.0 Å². The molecule has 4 heteroatoms. The highest BCUT2D eigenvalue weighted by Gasteiger charge is 2.06. The number of benzene rings is 1. The monoisotopic (exact) mass is 176 g/mol. The third-order valence-corrected chi connectivity index (χ3v) is 1.53. The summed E-state index contributed by atoms with van der Waals surface area (Å²) in [5, 5.41) is 0. The second kappa shape index (κ2) is 4.18. The normalized spacial score (nSPS) is 8.69. The molecule has 0 saturated heterocycles. The molecule has 0 heterocycles. The van der Waals surface area contributed by atoms with Crippen molar-refractivity contribution in [3.05, 3.63) is 35.4 Å². The number of rotatable bonds is 3. The first-order valence-electron chi connectivity index (χ1n) is 3.63. The minimum absolute atomic E-state index is 0.360. The molecule has 0 N–H and O–H groups in total. The lowest BCUT2D eigenvalue weighted by atomic mass is 10.1. The van der Waals surface area contributed by atoms with Gasteiger partial charge in [0.05, 0.1) is 7.11 Å². The molecule has 0 amide bonds. The van der Waals surface area contributed by atoms with Gasteiger partial charge >= 0.3 is 6.21 Å². The SMILES string of the molecule is COc1cccc(C(=O)C=[N+]=[N-])c1. The summed E-state index contributed by atoms with van der Waals surface area (Å²) in [6.45, 7) is 0. The van der Waals surface area contributed by atoms with Crippen LogP contribution in [0.15, 0.2) is 24.3 Å². The van der Waals surface area contributed by atoms with Crippen molar-refractivity contribution in [2.45, 2.75) is 0 Å². The highest BCUT2D eigenvalue weighted by Crippen LogP contribution is 2.12. The smallest absolute Gasteiger partial charge is 0.328 e. The molecule has 0 unspecified atom stereocenters. The summed E-state index contributed by atoms with van der Waals surface area (Å²) in [5.41, 5.74) is 8.57. The van der Waals surface area contributed by atoms with Crippen LogP contribution in [0, 0.1) is 0 Å². The van der Waals surface area contributed by atoms with Gasteiger partial charge in [-0.1, -0.05) is 12.1 Å². The van der Waals surface area contributed by atoms with E-state index in [1.165, 1.54) is 7.11 Å².